The van der Waals surface area contributed by atoms with Gasteiger partial charge in [-0.05, 0) is 52.3 Å². The molecule has 1 unspecified atom stereocenters. The van der Waals surface area contributed by atoms with E-state index < -0.39 is 0 Å². The van der Waals surface area contributed by atoms with Crippen molar-refractivity contribution in [1.29, 1.82) is 0 Å². The van der Waals surface area contributed by atoms with Gasteiger partial charge in [-0.2, -0.15) is 10.2 Å². The minimum atomic E-state index is 0. The van der Waals surface area contributed by atoms with Crippen molar-refractivity contribution in [3.63, 3.8) is 0 Å². The van der Waals surface area contributed by atoms with Crippen molar-refractivity contribution in [3.8, 4) is 0 Å². The monoisotopic (exact) mass is 677 g/mol. The van der Waals surface area contributed by atoms with Gasteiger partial charge >= 0.3 is 0 Å². The molecule has 1 aromatic heterocycles. The van der Waals surface area contributed by atoms with E-state index in [4.69, 9.17) is 4.42 Å². The van der Waals surface area contributed by atoms with Gasteiger partial charge in [-0.25, -0.2) is 0 Å². The maximum atomic E-state index is 6.09. The van der Waals surface area contributed by atoms with Gasteiger partial charge in [-0.1, -0.05) is 23.5 Å². The van der Waals surface area contributed by atoms with E-state index >= 15 is 0 Å². The summed E-state index contributed by atoms with van der Waals surface area (Å²) in [5, 5.41) is 11.1. The molecule has 0 radical (unpaired) electrons. The SMILES string of the molecule is CCN=C1N/N=C(c2ccc(CN3CCCC3C)o2)/C=N/NC(=NCC)SCS1.[HH].[HH].[U]. The Kier molecular flexibility index (Phi) is 11.6. The van der Waals surface area contributed by atoms with Crippen LogP contribution in [0.4, 0.5) is 0 Å². The van der Waals surface area contributed by atoms with E-state index in [0.29, 0.717) is 30.6 Å². The maximum absolute atomic E-state index is 6.09. The van der Waals surface area contributed by atoms with Gasteiger partial charge in [0.05, 0.1) is 17.8 Å². The molecule has 0 saturated carbocycles. The Labute approximate surface area is 213 Å². The van der Waals surface area contributed by atoms with Crippen LogP contribution in [0, 0.1) is 31.1 Å². The fourth-order valence-electron chi connectivity index (χ4n) is 3.09. The van der Waals surface area contributed by atoms with Crippen LogP contribution in [-0.4, -0.2) is 57.9 Å². The summed E-state index contributed by atoms with van der Waals surface area (Å²) in [7, 11) is 0. The van der Waals surface area contributed by atoms with Gasteiger partial charge in [0.15, 0.2) is 16.1 Å². The largest absolute Gasteiger partial charge is 0.458 e. The molecule has 2 aliphatic rings. The van der Waals surface area contributed by atoms with Crippen molar-refractivity contribution in [2.24, 2.45) is 20.2 Å². The molecular formula is C19H33N7OS2U. The smallest absolute Gasteiger partial charge is 0.177 e. The van der Waals surface area contributed by atoms with E-state index in [1.807, 2.05) is 26.0 Å². The first kappa shape index (κ1) is 25.5. The van der Waals surface area contributed by atoms with Crippen LogP contribution in [0.15, 0.2) is 36.7 Å². The molecule has 166 valence electrons. The zero-order valence-electron chi connectivity index (χ0n) is 17.7. The molecular weight excluding hydrogens is 644 g/mol. The molecule has 2 aliphatic heterocycles. The van der Waals surface area contributed by atoms with Gasteiger partial charge < -0.3 is 4.42 Å². The minimum Gasteiger partial charge on any atom is -0.458 e. The van der Waals surface area contributed by atoms with Gasteiger partial charge in [0.1, 0.15) is 11.5 Å². The molecule has 2 N–H and O–H groups in total. The average molecular weight is 678 g/mol. The molecule has 11 heteroatoms. The second kappa shape index (κ2) is 13.6. The van der Waals surface area contributed by atoms with Crippen molar-refractivity contribution in [2.75, 3.05) is 24.7 Å². The third-order valence-corrected chi connectivity index (χ3v) is 6.51. The molecule has 0 bridgehead atoms. The standard InChI is InChI=1S/C19H29N7OS2.U.2H2/c1-4-20-18-24-22-11-16(23-25-19(21-5-2)29-13-28-18)17-9-8-15(27-17)12-26-10-6-7-14(26)3;;;/h8-9,11,14H,4-7,10,12-13H2,1-3H3,(H,20,24)(H,21,25);;2*1H/b22-11+,23-16-;;;. The third-order valence-electron chi connectivity index (χ3n) is 4.58. The number of nitrogens with one attached hydrogen (secondary N) is 2. The molecule has 30 heavy (non-hydrogen) atoms. The number of hydrogen-bond donors (Lipinski definition) is 2. The zero-order chi connectivity index (χ0) is 20.5. The van der Waals surface area contributed by atoms with Crippen LogP contribution >= 0.6 is 23.5 Å². The van der Waals surface area contributed by atoms with E-state index in [1.165, 1.54) is 12.8 Å². The van der Waals surface area contributed by atoms with E-state index in [-0.39, 0.29) is 34.0 Å². The Morgan fingerprint density at radius 3 is 2.60 bits per heavy atom. The fraction of sp³-hybridized carbons (Fsp3) is 0.579. The Morgan fingerprint density at radius 1 is 1.20 bits per heavy atom. The van der Waals surface area contributed by atoms with Crippen molar-refractivity contribution in [3.05, 3.63) is 23.7 Å². The van der Waals surface area contributed by atoms with Crippen molar-refractivity contribution in [2.45, 2.75) is 46.2 Å². The van der Waals surface area contributed by atoms with E-state index in [0.717, 1.165) is 34.3 Å². The number of rotatable bonds is 5. The normalized spacial score (nSPS) is 26.2. The van der Waals surface area contributed by atoms with Gasteiger partial charge in [-0.3, -0.25) is 25.7 Å². The van der Waals surface area contributed by atoms with Gasteiger partial charge in [0.2, 0.25) is 0 Å². The summed E-state index contributed by atoms with van der Waals surface area (Å²) in [6.07, 6.45) is 4.15. The Bertz CT molecular complexity index is 804. The molecule has 3 heterocycles. The number of likely N-dealkylation sites (tertiary alicyclic amines) is 1. The second-order valence-corrected chi connectivity index (χ2v) is 8.97. The Hall–Kier alpha value is -0.728. The van der Waals surface area contributed by atoms with Crippen LogP contribution in [-0.2, 0) is 6.54 Å². The van der Waals surface area contributed by atoms with Crippen LogP contribution < -0.4 is 10.9 Å². The predicted octanol–water partition coefficient (Wildman–Crippen LogP) is 3.81. The predicted molar refractivity (Wildman–Crippen MR) is 129 cm³/mol. The Morgan fingerprint density at radius 2 is 1.93 bits per heavy atom. The first-order valence-corrected chi connectivity index (χ1v) is 12.0. The van der Waals surface area contributed by atoms with Crippen LogP contribution in [0.25, 0.3) is 0 Å². The number of thioether (sulfide) groups is 2. The first-order chi connectivity index (χ1) is 14.2. The summed E-state index contributed by atoms with van der Waals surface area (Å²) in [6, 6.07) is 4.57. The minimum absolute atomic E-state index is 0. The molecule has 0 amide bonds. The molecule has 1 aromatic rings. The molecule has 0 spiro atoms. The quantitative estimate of drug-likeness (QED) is 0.493. The number of hydrazone groups is 2. The summed E-state index contributed by atoms with van der Waals surface area (Å²) in [4.78, 5) is 11.4. The number of amidine groups is 2. The van der Waals surface area contributed by atoms with Crippen LogP contribution in [0.5, 0.6) is 0 Å². The molecule has 0 aliphatic carbocycles. The van der Waals surface area contributed by atoms with Crippen molar-refractivity contribution in [1.82, 2.24) is 15.8 Å². The van der Waals surface area contributed by atoms with E-state index in [1.54, 1.807) is 29.7 Å². The van der Waals surface area contributed by atoms with Gasteiger partial charge in [0.25, 0.3) is 0 Å². The Balaban J connectivity index is 0.00000320. The molecule has 1 atom stereocenters. The number of aliphatic imine (C=N–C) groups is 2. The summed E-state index contributed by atoms with van der Waals surface area (Å²) >= 11 is 3.18. The van der Waals surface area contributed by atoms with Gasteiger partial charge in [0, 0.05) is 53.1 Å². The van der Waals surface area contributed by atoms with Crippen LogP contribution in [0.1, 0.15) is 48.0 Å². The van der Waals surface area contributed by atoms with Gasteiger partial charge in [-0.15, -0.1) is 0 Å². The topological polar surface area (TPSA) is 89.9 Å². The molecule has 1 saturated heterocycles. The third kappa shape index (κ3) is 7.75. The summed E-state index contributed by atoms with van der Waals surface area (Å²) in [5.41, 5.74) is 6.67. The molecule has 0 aromatic carbocycles. The summed E-state index contributed by atoms with van der Waals surface area (Å²) in [6.45, 7) is 9.60. The van der Waals surface area contributed by atoms with E-state index in [9.17, 15) is 0 Å². The average Bonchev–Trinajstić information content (AvgIpc) is 3.32. The first-order valence-electron chi connectivity index (χ1n) is 10.00. The maximum Gasteiger partial charge on any atom is 0.177 e. The second-order valence-electron chi connectivity index (χ2n) is 6.67. The van der Waals surface area contributed by atoms with Crippen molar-refractivity contribution < 1.29 is 38.4 Å². The summed E-state index contributed by atoms with van der Waals surface area (Å²) < 4.78 is 6.09. The van der Waals surface area contributed by atoms with Crippen molar-refractivity contribution >= 4 is 45.8 Å². The van der Waals surface area contributed by atoms with Crippen LogP contribution in [0.3, 0.4) is 0 Å². The number of nitrogens with zero attached hydrogens (tertiary/aromatic N) is 5. The van der Waals surface area contributed by atoms with E-state index in [2.05, 4.69) is 42.9 Å². The molecule has 8 nitrogen and oxygen atoms in total. The molecule has 3 rings (SSSR count). The summed E-state index contributed by atoms with van der Waals surface area (Å²) in [5.74, 6) is 1.61. The fourth-order valence-corrected chi connectivity index (χ4v) is 4.88. The zero-order valence-corrected chi connectivity index (χ0v) is 23.5. The number of furan rings is 1. The molecule has 1 fully saturated rings. The number of hydrogen-bond acceptors (Lipinski definition) is 8. The van der Waals surface area contributed by atoms with Crippen LogP contribution in [0.2, 0.25) is 0 Å².